The Bertz CT molecular complexity index is 509. The molecule has 0 radical (unpaired) electrons. The van der Waals surface area contributed by atoms with Gasteiger partial charge in [-0.05, 0) is 0 Å². The maximum absolute atomic E-state index is 12.1. The van der Waals surface area contributed by atoms with E-state index in [4.69, 9.17) is 11.5 Å². The molecule has 7 nitrogen and oxygen atoms in total. The maximum Gasteiger partial charge on any atom is 0.471 e. The summed E-state index contributed by atoms with van der Waals surface area (Å²) < 4.78 is 36.4. The van der Waals surface area contributed by atoms with E-state index in [-0.39, 0.29) is 10.8 Å². The number of aromatic nitrogens is 2. The molecule has 0 atom stereocenters. The minimum Gasteiger partial charge on any atom is -0.382 e. The number of rotatable bonds is 1. The number of nitrogens with zero attached hydrogens (tertiary/aromatic N) is 2. The summed E-state index contributed by atoms with van der Waals surface area (Å²) in [7, 11) is 0.759. The molecule has 1 aromatic rings. The lowest BCUT2D eigenvalue weighted by atomic mass is 10.4. The number of nitrogens with two attached hydrogens (primary N) is 2. The molecule has 1 heterocycles. The Morgan fingerprint density at radius 3 is 2.35 bits per heavy atom. The second-order valence-corrected chi connectivity index (χ2v) is 3.05. The Kier molecular flexibility index (Phi) is 2.98. The normalized spacial score (nSPS) is 11.3. The quantitative estimate of drug-likeness (QED) is 0.619. The van der Waals surface area contributed by atoms with Crippen molar-refractivity contribution in [3.05, 3.63) is 10.4 Å². The number of nitrogens with one attached hydrogen (secondary N) is 1. The SMILES string of the molecule is CN(C(=O)C(F)(F)F)c1c(N)nc(N)[nH]c1=O. The molecule has 0 saturated heterocycles. The van der Waals surface area contributed by atoms with Crippen molar-refractivity contribution in [3.8, 4) is 0 Å². The highest BCUT2D eigenvalue weighted by molar-refractivity contribution is 5.98. The van der Waals surface area contributed by atoms with Crippen LogP contribution in [0.15, 0.2) is 4.79 Å². The average molecular weight is 251 g/mol. The molecule has 94 valence electrons. The first-order chi connectivity index (χ1) is 7.64. The topological polar surface area (TPSA) is 118 Å². The Hall–Kier alpha value is -2.26. The highest BCUT2D eigenvalue weighted by atomic mass is 19.4. The van der Waals surface area contributed by atoms with E-state index < -0.39 is 29.1 Å². The molecule has 0 aliphatic rings. The summed E-state index contributed by atoms with van der Waals surface area (Å²) in [5.41, 5.74) is 8.61. The van der Waals surface area contributed by atoms with Gasteiger partial charge < -0.3 is 11.5 Å². The van der Waals surface area contributed by atoms with E-state index in [9.17, 15) is 22.8 Å². The zero-order valence-corrected chi connectivity index (χ0v) is 8.50. The number of hydrogen-bond donors (Lipinski definition) is 3. The van der Waals surface area contributed by atoms with Crippen LogP contribution in [-0.4, -0.2) is 29.1 Å². The van der Waals surface area contributed by atoms with Gasteiger partial charge in [0.05, 0.1) is 0 Å². The molecular weight excluding hydrogens is 243 g/mol. The Labute approximate surface area is 92.2 Å². The van der Waals surface area contributed by atoms with E-state index in [0.717, 1.165) is 7.05 Å². The van der Waals surface area contributed by atoms with E-state index >= 15 is 0 Å². The van der Waals surface area contributed by atoms with Crippen molar-refractivity contribution in [2.75, 3.05) is 23.4 Å². The van der Waals surface area contributed by atoms with Gasteiger partial charge in [-0.15, -0.1) is 0 Å². The molecule has 0 unspecified atom stereocenters. The molecule has 0 aromatic carbocycles. The molecule has 0 saturated carbocycles. The highest BCUT2D eigenvalue weighted by Gasteiger charge is 2.42. The van der Waals surface area contributed by atoms with Crippen LogP contribution in [0.2, 0.25) is 0 Å². The predicted octanol–water partition coefficient (Wildman–Crippen LogP) is -0.541. The number of carbonyl (C=O) groups is 1. The number of halogens is 3. The van der Waals surface area contributed by atoms with Crippen LogP contribution in [0.3, 0.4) is 0 Å². The molecular formula is C7H8F3N5O2. The number of hydrogen-bond acceptors (Lipinski definition) is 5. The standard InChI is InChI=1S/C7H8F3N5O2/c1-15(5(17)7(8,9)10)2-3(11)13-6(12)14-4(2)16/h1H3,(H5,11,12,13,14,16). The fourth-order valence-electron chi connectivity index (χ4n) is 1.12. The first-order valence-corrected chi connectivity index (χ1v) is 4.14. The van der Waals surface area contributed by atoms with Gasteiger partial charge >= 0.3 is 12.1 Å². The summed E-state index contributed by atoms with van der Waals surface area (Å²) in [6.45, 7) is 0. The van der Waals surface area contributed by atoms with E-state index in [0.29, 0.717) is 0 Å². The summed E-state index contributed by atoms with van der Waals surface area (Å²) in [6, 6.07) is 0. The molecule has 0 spiro atoms. The second kappa shape index (κ2) is 3.96. The van der Waals surface area contributed by atoms with Crippen LogP contribution in [0.1, 0.15) is 0 Å². The van der Waals surface area contributed by atoms with Gasteiger partial charge in [0.15, 0.2) is 11.5 Å². The summed E-state index contributed by atoms with van der Waals surface area (Å²) in [5, 5.41) is 0. The van der Waals surface area contributed by atoms with Crippen LogP contribution < -0.4 is 21.9 Å². The number of nitrogen functional groups attached to an aromatic ring is 2. The molecule has 1 amide bonds. The molecule has 0 aliphatic heterocycles. The molecule has 0 fully saturated rings. The van der Waals surface area contributed by atoms with Gasteiger partial charge in [-0.3, -0.25) is 19.5 Å². The van der Waals surface area contributed by atoms with Crippen molar-refractivity contribution >= 4 is 23.4 Å². The molecule has 0 aliphatic carbocycles. The summed E-state index contributed by atoms with van der Waals surface area (Å²) in [4.78, 5) is 27.6. The van der Waals surface area contributed by atoms with Crippen LogP contribution >= 0.6 is 0 Å². The largest absolute Gasteiger partial charge is 0.471 e. The van der Waals surface area contributed by atoms with Crippen molar-refractivity contribution in [3.63, 3.8) is 0 Å². The molecule has 10 heteroatoms. The van der Waals surface area contributed by atoms with Crippen LogP contribution in [0.4, 0.5) is 30.6 Å². The number of H-pyrrole nitrogens is 1. The first-order valence-electron chi connectivity index (χ1n) is 4.14. The number of alkyl halides is 3. The molecule has 0 bridgehead atoms. The van der Waals surface area contributed by atoms with E-state index in [1.54, 1.807) is 0 Å². The van der Waals surface area contributed by atoms with Crippen LogP contribution in [0.25, 0.3) is 0 Å². The molecule has 5 N–H and O–H groups in total. The van der Waals surface area contributed by atoms with Gasteiger partial charge in [-0.2, -0.15) is 18.2 Å². The van der Waals surface area contributed by atoms with E-state index in [1.165, 1.54) is 0 Å². The van der Waals surface area contributed by atoms with Crippen LogP contribution in [-0.2, 0) is 4.79 Å². The minimum absolute atomic E-state index is 0.0700. The fraction of sp³-hybridized carbons (Fsp3) is 0.286. The van der Waals surface area contributed by atoms with Gasteiger partial charge in [0.25, 0.3) is 5.56 Å². The Balaban J connectivity index is 3.27. The van der Waals surface area contributed by atoms with Gasteiger partial charge in [-0.25, -0.2) is 0 Å². The van der Waals surface area contributed by atoms with Gasteiger partial charge in [0.1, 0.15) is 0 Å². The lowest BCUT2D eigenvalue weighted by Crippen LogP contribution is -2.41. The first kappa shape index (κ1) is 12.8. The lowest BCUT2D eigenvalue weighted by molar-refractivity contribution is -0.170. The van der Waals surface area contributed by atoms with Gasteiger partial charge in [0, 0.05) is 7.05 Å². The maximum atomic E-state index is 12.1. The molecule has 1 aromatic heterocycles. The summed E-state index contributed by atoms with van der Waals surface area (Å²) in [6.07, 6.45) is -5.12. The third-order valence-electron chi connectivity index (χ3n) is 1.82. The Morgan fingerprint density at radius 1 is 1.41 bits per heavy atom. The van der Waals surface area contributed by atoms with Crippen LogP contribution in [0.5, 0.6) is 0 Å². The Morgan fingerprint density at radius 2 is 1.94 bits per heavy atom. The smallest absolute Gasteiger partial charge is 0.382 e. The summed E-state index contributed by atoms with van der Waals surface area (Å²) >= 11 is 0. The highest BCUT2D eigenvalue weighted by Crippen LogP contribution is 2.22. The third-order valence-corrected chi connectivity index (χ3v) is 1.82. The monoisotopic (exact) mass is 251 g/mol. The van der Waals surface area contributed by atoms with Crippen molar-refractivity contribution in [2.24, 2.45) is 0 Å². The van der Waals surface area contributed by atoms with Crippen molar-refractivity contribution < 1.29 is 18.0 Å². The molecule has 1 rings (SSSR count). The zero-order chi connectivity index (χ0) is 13.4. The zero-order valence-electron chi connectivity index (χ0n) is 8.50. The van der Waals surface area contributed by atoms with E-state index in [2.05, 4.69) is 4.98 Å². The van der Waals surface area contributed by atoms with Crippen molar-refractivity contribution in [1.29, 1.82) is 0 Å². The number of anilines is 3. The van der Waals surface area contributed by atoms with Crippen LogP contribution in [0, 0.1) is 0 Å². The number of amides is 1. The van der Waals surface area contributed by atoms with Crippen molar-refractivity contribution in [2.45, 2.75) is 6.18 Å². The van der Waals surface area contributed by atoms with E-state index in [1.807, 2.05) is 4.98 Å². The predicted molar refractivity (Wildman–Crippen MR) is 53.1 cm³/mol. The second-order valence-electron chi connectivity index (χ2n) is 3.05. The number of aromatic amines is 1. The van der Waals surface area contributed by atoms with Gasteiger partial charge in [-0.1, -0.05) is 0 Å². The fourth-order valence-corrected chi connectivity index (χ4v) is 1.12. The minimum atomic E-state index is -5.12. The van der Waals surface area contributed by atoms with Gasteiger partial charge in [0.2, 0.25) is 5.95 Å². The molecule has 17 heavy (non-hydrogen) atoms. The third kappa shape index (κ3) is 2.46. The average Bonchev–Trinajstić information content (AvgIpc) is 2.13. The number of carbonyl (C=O) groups excluding carboxylic acids is 1. The summed E-state index contributed by atoms with van der Waals surface area (Å²) in [5.74, 6) is -3.16. The lowest BCUT2D eigenvalue weighted by Gasteiger charge is -2.18. The van der Waals surface area contributed by atoms with Crippen molar-refractivity contribution in [1.82, 2.24) is 9.97 Å².